The van der Waals surface area contributed by atoms with Crippen molar-refractivity contribution in [1.82, 2.24) is 9.88 Å². The molecule has 2 rings (SSSR count). The van der Waals surface area contributed by atoms with Gasteiger partial charge in [0, 0.05) is 11.6 Å². The molecule has 4 nitrogen and oxygen atoms in total. The zero-order chi connectivity index (χ0) is 13.9. The molecule has 1 aliphatic heterocycles. The number of carbonyl (C=O) groups excluding carboxylic acids is 1. The first-order valence-corrected chi connectivity index (χ1v) is 7.00. The quantitative estimate of drug-likeness (QED) is 0.909. The number of pyridine rings is 1. The zero-order valence-electron chi connectivity index (χ0n) is 12.1. The van der Waals surface area contributed by atoms with Crippen LogP contribution < -0.4 is 5.32 Å². The van der Waals surface area contributed by atoms with E-state index >= 15 is 0 Å². The number of piperidine rings is 1. The second kappa shape index (κ2) is 5.70. The molecule has 104 valence electrons. The van der Waals surface area contributed by atoms with E-state index < -0.39 is 0 Å². The normalized spacial score (nSPS) is 19.1. The van der Waals surface area contributed by atoms with E-state index in [4.69, 9.17) is 0 Å². The molecule has 1 amide bonds. The molecule has 0 spiro atoms. The van der Waals surface area contributed by atoms with Crippen molar-refractivity contribution < 1.29 is 4.79 Å². The zero-order valence-corrected chi connectivity index (χ0v) is 12.1. The van der Waals surface area contributed by atoms with Crippen molar-refractivity contribution in [3.63, 3.8) is 0 Å². The average molecular weight is 261 g/mol. The van der Waals surface area contributed by atoms with Gasteiger partial charge in [0.05, 0.1) is 0 Å². The van der Waals surface area contributed by atoms with Crippen LogP contribution in [0, 0.1) is 12.3 Å². The molecule has 1 aliphatic rings. The van der Waals surface area contributed by atoms with Crippen molar-refractivity contribution in [2.45, 2.75) is 33.6 Å². The van der Waals surface area contributed by atoms with E-state index in [0.29, 0.717) is 5.82 Å². The highest BCUT2D eigenvalue weighted by molar-refractivity contribution is 5.94. The Morgan fingerprint density at radius 1 is 1.47 bits per heavy atom. The van der Waals surface area contributed by atoms with Gasteiger partial charge in [-0.3, -0.25) is 4.79 Å². The van der Waals surface area contributed by atoms with E-state index in [1.165, 1.54) is 0 Å². The van der Waals surface area contributed by atoms with E-state index in [9.17, 15) is 4.79 Å². The number of amides is 1. The first kappa shape index (κ1) is 14.0. The van der Waals surface area contributed by atoms with Gasteiger partial charge in [-0.05, 0) is 57.1 Å². The molecule has 1 saturated heterocycles. The molecule has 0 unspecified atom stereocenters. The van der Waals surface area contributed by atoms with Crippen molar-refractivity contribution in [3.8, 4) is 0 Å². The summed E-state index contributed by atoms with van der Waals surface area (Å²) in [5.41, 5.74) is 0.841. The minimum absolute atomic E-state index is 0.0985. The lowest BCUT2D eigenvalue weighted by atomic mass is 9.79. The number of aryl methyl sites for hydroxylation is 1. The van der Waals surface area contributed by atoms with E-state index in [0.717, 1.165) is 38.0 Å². The van der Waals surface area contributed by atoms with Crippen molar-refractivity contribution in [3.05, 3.63) is 23.9 Å². The number of anilines is 1. The number of hydrogen-bond donors (Lipinski definition) is 1. The van der Waals surface area contributed by atoms with Crippen LogP contribution in [0.2, 0.25) is 0 Å². The largest absolute Gasteiger partial charge is 0.310 e. The lowest BCUT2D eigenvalue weighted by Gasteiger charge is -2.37. The van der Waals surface area contributed by atoms with E-state index in [1.807, 2.05) is 19.1 Å². The molecule has 0 atom stereocenters. The SMILES string of the molecule is CCN1CCC(C)(C(=O)Nc2cc(C)ccn2)CC1. The van der Waals surface area contributed by atoms with Gasteiger partial charge in [0.1, 0.15) is 5.82 Å². The van der Waals surface area contributed by atoms with Crippen LogP contribution in [0.3, 0.4) is 0 Å². The number of nitrogens with one attached hydrogen (secondary N) is 1. The van der Waals surface area contributed by atoms with Crippen LogP contribution in [0.25, 0.3) is 0 Å². The molecule has 2 heterocycles. The van der Waals surface area contributed by atoms with Crippen LogP contribution in [-0.2, 0) is 4.79 Å². The Morgan fingerprint density at radius 3 is 2.74 bits per heavy atom. The summed E-state index contributed by atoms with van der Waals surface area (Å²) >= 11 is 0. The summed E-state index contributed by atoms with van der Waals surface area (Å²) in [5, 5.41) is 2.96. The van der Waals surface area contributed by atoms with Gasteiger partial charge in [-0.2, -0.15) is 0 Å². The van der Waals surface area contributed by atoms with Gasteiger partial charge in [0.2, 0.25) is 5.91 Å². The molecule has 4 heteroatoms. The molecule has 0 aliphatic carbocycles. The molecule has 0 saturated carbocycles. The Labute approximate surface area is 115 Å². The number of likely N-dealkylation sites (tertiary alicyclic amines) is 1. The van der Waals surface area contributed by atoms with Gasteiger partial charge in [-0.25, -0.2) is 4.98 Å². The summed E-state index contributed by atoms with van der Waals surface area (Å²) in [4.78, 5) is 19.0. The minimum Gasteiger partial charge on any atom is -0.310 e. The van der Waals surface area contributed by atoms with Crippen LogP contribution in [0.4, 0.5) is 5.82 Å². The van der Waals surface area contributed by atoms with Crippen LogP contribution in [0.1, 0.15) is 32.3 Å². The molecule has 0 aromatic carbocycles. The van der Waals surface area contributed by atoms with E-state index in [-0.39, 0.29) is 11.3 Å². The fourth-order valence-corrected chi connectivity index (χ4v) is 2.46. The van der Waals surface area contributed by atoms with Gasteiger partial charge >= 0.3 is 0 Å². The summed E-state index contributed by atoms with van der Waals surface area (Å²) in [6.45, 7) is 9.30. The smallest absolute Gasteiger partial charge is 0.231 e. The molecular weight excluding hydrogens is 238 g/mol. The molecule has 1 fully saturated rings. The number of rotatable bonds is 3. The monoisotopic (exact) mass is 261 g/mol. The van der Waals surface area contributed by atoms with Crippen molar-refractivity contribution in [1.29, 1.82) is 0 Å². The second-order valence-electron chi connectivity index (χ2n) is 5.67. The molecule has 1 aromatic rings. The van der Waals surface area contributed by atoms with Crippen molar-refractivity contribution >= 4 is 11.7 Å². The van der Waals surface area contributed by atoms with Gasteiger partial charge in [0.25, 0.3) is 0 Å². The van der Waals surface area contributed by atoms with E-state index in [1.54, 1.807) is 6.20 Å². The highest BCUT2D eigenvalue weighted by Crippen LogP contribution is 2.32. The molecule has 0 bridgehead atoms. The minimum atomic E-state index is -0.267. The Hall–Kier alpha value is -1.42. The van der Waals surface area contributed by atoms with Crippen LogP contribution in [-0.4, -0.2) is 35.4 Å². The van der Waals surface area contributed by atoms with Crippen LogP contribution >= 0.6 is 0 Å². The highest BCUT2D eigenvalue weighted by Gasteiger charge is 2.36. The summed E-state index contributed by atoms with van der Waals surface area (Å²) in [5.74, 6) is 0.755. The Bertz CT molecular complexity index is 450. The lowest BCUT2D eigenvalue weighted by molar-refractivity contribution is -0.127. The average Bonchev–Trinajstić information content (AvgIpc) is 2.39. The number of hydrogen-bond acceptors (Lipinski definition) is 3. The standard InChI is InChI=1S/C15H23N3O/c1-4-18-9-6-15(3,7-10-18)14(19)17-13-11-12(2)5-8-16-13/h5,8,11H,4,6-7,9-10H2,1-3H3,(H,16,17,19). The highest BCUT2D eigenvalue weighted by atomic mass is 16.2. The Balaban J connectivity index is 2.00. The van der Waals surface area contributed by atoms with Crippen molar-refractivity contribution in [2.24, 2.45) is 5.41 Å². The van der Waals surface area contributed by atoms with Gasteiger partial charge < -0.3 is 10.2 Å². The second-order valence-corrected chi connectivity index (χ2v) is 5.67. The maximum Gasteiger partial charge on any atom is 0.231 e. The van der Waals surface area contributed by atoms with E-state index in [2.05, 4.69) is 29.0 Å². The summed E-state index contributed by atoms with van der Waals surface area (Å²) in [6.07, 6.45) is 3.56. The summed E-state index contributed by atoms with van der Waals surface area (Å²) in [6, 6.07) is 3.83. The topological polar surface area (TPSA) is 45.2 Å². The molecule has 19 heavy (non-hydrogen) atoms. The fraction of sp³-hybridized carbons (Fsp3) is 0.600. The third kappa shape index (κ3) is 3.32. The van der Waals surface area contributed by atoms with Crippen molar-refractivity contribution in [2.75, 3.05) is 25.0 Å². The predicted molar refractivity (Wildman–Crippen MR) is 77.1 cm³/mol. The summed E-state index contributed by atoms with van der Waals surface area (Å²) in [7, 11) is 0. The first-order valence-electron chi connectivity index (χ1n) is 7.00. The first-order chi connectivity index (χ1) is 9.03. The Morgan fingerprint density at radius 2 is 2.16 bits per heavy atom. The molecule has 1 N–H and O–H groups in total. The maximum absolute atomic E-state index is 12.4. The van der Waals surface area contributed by atoms with Crippen LogP contribution in [0.15, 0.2) is 18.3 Å². The van der Waals surface area contributed by atoms with Crippen LogP contribution in [0.5, 0.6) is 0 Å². The summed E-state index contributed by atoms with van der Waals surface area (Å²) < 4.78 is 0. The molecular formula is C15H23N3O. The molecule has 1 aromatic heterocycles. The van der Waals surface area contributed by atoms with Gasteiger partial charge in [-0.15, -0.1) is 0 Å². The Kier molecular flexibility index (Phi) is 4.20. The molecule has 0 radical (unpaired) electrons. The third-order valence-electron chi connectivity index (χ3n) is 4.11. The number of nitrogens with zero attached hydrogens (tertiary/aromatic N) is 2. The number of carbonyl (C=O) groups is 1. The van der Waals surface area contributed by atoms with Gasteiger partial charge in [0.15, 0.2) is 0 Å². The maximum atomic E-state index is 12.4. The number of aromatic nitrogens is 1. The van der Waals surface area contributed by atoms with Gasteiger partial charge in [-0.1, -0.05) is 13.8 Å². The lowest BCUT2D eigenvalue weighted by Crippen LogP contribution is -2.44. The third-order valence-corrected chi connectivity index (χ3v) is 4.11. The fourth-order valence-electron chi connectivity index (χ4n) is 2.46. The predicted octanol–water partition coefficient (Wildman–Crippen LogP) is 2.45.